The Labute approximate surface area is 223 Å². The Morgan fingerprint density at radius 1 is 1.24 bits per heavy atom. The molecule has 37 heavy (non-hydrogen) atoms. The molecule has 0 radical (unpaired) electrons. The smallest absolute Gasteiger partial charge is 0.351 e. The van der Waals surface area contributed by atoms with E-state index in [1.165, 1.54) is 28.3 Å². The second kappa shape index (κ2) is 9.43. The van der Waals surface area contributed by atoms with Gasteiger partial charge in [-0.2, -0.15) is 19.0 Å². The van der Waals surface area contributed by atoms with Gasteiger partial charge in [-0.3, -0.25) is 13.9 Å². The molecular formula is C25H23F3IN5O3. The van der Waals surface area contributed by atoms with Gasteiger partial charge >= 0.3 is 5.69 Å². The molecule has 2 aromatic heterocycles. The summed E-state index contributed by atoms with van der Waals surface area (Å²) in [6.07, 6.45) is 1.83. The number of aromatic nitrogens is 3. The number of nitrogens with zero attached hydrogens (tertiary/aromatic N) is 4. The van der Waals surface area contributed by atoms with Crippen LogP contribution < -0.4 is 16.6 Å². The van der Waals surface area contributed by atoms with Gasteiger partial charge in [0.25, 0.3) is 11.5 Å². The van der Waals surface area contributed by atoms with Crippen LogP contribution in [0.5, 0.6) is 0 Å². The molecule has 12 heteroatoms. The van der Waals surface area contributed by atoms with Crippen LogP contribution in [0.15, 0.2) is 33.9 Å². The highest BCUT2D eigenvalue weighted by Crippen LogP contribution is 2.47. The second-order valence-corrected chi connectivity index (χ2v) is 10.7. The van der Waals surface area contributed by atoms with Crippen molar-refractivity contribution < 1.29 is 17.9 Å². The number of hydrogen-bond acceptors (Lipinski definition) is 6. The number of benzene rings is 1. The Kier molecular flexibility index (Phi) is 6.56. The van der Waals surface area contributed by atoms with E-state index in [0.717, 1.165) is 6.07 Å². The van der Waals surface area contributed by atoms with E-state index < -0.39 is 39.1 Å². The first kappa shape index (κ1) is 25.7. The minimum atomic E-state index is -3.53. The van der Waals surface area contributed by atoms with E-state index in [0.29, 0.717) is 42.3 Å². The number of halogens is 4. The zero-order chi connectivity index (χ0) is 26.5. The molecule has 1 saturated carbocycles. The van der Waals surface area contributed by atoms with Crippen molar-refractivity contribution >= 4 is 39.4 Å². The first-order chi connectivity index (χ1) is 17.6. The molecule has 194 valence electrons. The van der Waals surface area contributed by atoms with Gasteiger partial charge in [0, 0.05) is 31.3 Å². The zero-order valence-electron chi connectivity index (χ0n) is 19.9. The van der Waals surface area contributed by atoms with E-state index in [9.17, 15) is 23.6 Å². The molecule has 0 unspecified atom stereocenters. The monoisotopic (exact) mass is 625 g/mol. The average Bonchev–Trinajstić information content (AvgIpc) is 3.65. The quantitative estimate of drug-likeness (QED) is 0.247. The minimum Gasteiger partial charge on any atom is -0.375 e. The average molecular weight is 625 g/mol. The standard InChI is InChI=1S/C25H23F3IN5O3/c1-33-21-15(11-17(22(33)35)24(12-30)7-8-24)20-31-19(29)14-5-4-6-16(18(14)26)25(27,28)13-37-10-3-2-9-34(21)23(36)32-20/h4-6,11,19H,2-3,7-10,13H2,1H3,(H,31,32,36)/t19-/m0/s1. The molecule has 0 amide bonds. The van der Waals surface area contributed by atoms with Crippen molar-refractivity contribution in [2.45, 2.75) is 47.6 Å². The van der Waals surface area contributed by atoms with E-state index in [1.54, 1.807) is 6.07 Å². The maximum atomic E-state index is 15.3. The fraction of sp³-hybridized carbons (Fsp3) is 0.440. The molecule has 2 aliphatic heterocycles. The molecule has 4 heterocycles. The lowest BCUT2D eigenvalue weighted by Gasteiger charge is -2.23. The lowest BCUT2D eigenvalue weighted by Crippen LogP contribution is -2.33. The van der Waals surface area contributed by atoms with Crippen molar-refractivity contribution in [3.63, 3.8) is 0 Å². The van der Waals surface area contributed by atoms with Gasteiger partial charge in [-0.15, -0.1) is 0 Å². The summed E-state index contributed by atoms with van der Waals surface area (Å²) in [6, 6.07) is 7.56. The van der Waals surface area contributed by atoms with E-state index in [2.05, 4.69) is 16.4 Å². The van der Waals surface area contributed by atoms with Gasteiger partial charge in [0.2, 0.25) is 0 Å². The molecule has 0 saturated heterocycles. The Morgan fingerprint density at radius 3 is 2.70 bits per heavy atom. The number of alkyl halides is 3. The highest BCUT2D eigenvalue weighted by molar-refractivity contribution is 14.1. The van der Waals surface area contributed by atoms with Crippen LogP contribution in [0.2, 0.25) is 0 Å². The third-order valence-electron chi connectivity index (χ3n) is 6.97. The highest BCUT2D eigenvalue weighted by Gasteiger charge is 2.47. The van der Waals surface area contributed by atoms with Crippen LogP contribution in [0.3, 0.4) is 0 Å². The summed E-state index contributed by atoms with van der Waals surface area (Å²) in [5, 5.41) is 13.1. The summed E-state index contributed by atoms with van der Waals surface area (Å²) in [6.45, 7) is -0.804. The summed E-state index contributed by atoms with van der Waals surface area (Å²) in [5.41, 5.74) is -2.10. The fourth-order valence-electron chi connectivity index (χ4n) is 4.73. The third kappa shape index (κ3) is 4.41. The van der Waals surface area contributed by atoms with Crippen LogP contribution in [-0.4, -0.2) is 27.3 Å². The van der Waals surface area contributed by atoms with E-state index >= 15 is 4.39 Å². The number of nitrogens with one attached hydrogen (secondary N) is 1. The van der Waals surface area contributed by atoms with Gasteiger partial charge in [-0.1, -0.05) is 34.7 Å². The van der Waals surface area contributed by atoms with Crippen molar-refractivity contribution in [3.8, 4) is 6.07 Å². The molecule has 3 aromatic rings. The highest BCUT2D eigenvalue weighted by atomic mass is 127. The fourth-order valence-corrected chi connectivity index (χ4v) is 5.51. The number of anilines is 1. The van der Waals surface area contributed by atoms with Gasteiger partial charge in [0.15, 0.2) is 0 Å². The Hall–Kier alpha value is -2.92. The minimum absolute atomic E-state index is 0.0146. The SMILES string of the molecule is Cn1c(=O)c(C2(C#N)CC2)cc2c3nc(=O)n(c21)CCCCOCC(F)(F)c1cccc(c1F)[C@@H](I)N3. The third-order valence-corrected chi connectivity index (χ3v) is 7.96. The first-order valence-corrected chi connectivity index (χ1v) is 13.1. The Morgan fingerprint density at radius 2 is 2.00 bits per heavy atom. The molecule has 8 nitrogen and oxygen atoms in total. The summed E-state index contributed by atoms with van der Waals surface area (Å²) in [5.74, 6) is -4.53. The van der Waals surface area contributed by atoms with E-state index in [1.807, 2.05) is 22.6 Å². The van der Waals surface area contributed by atoms with Crippen LogP contribution in [0.1, 0.15) is 46.4 Å². The Bertz CT molecular complexity index is 1560. The molecular weight excluding hydrogens is 602 g/mol. The maximum absolute atomic E-state index is 15.3. The van der Waals surface area contributed by atoms with E-state index in [4.69, 9.17) is 4.74 Å². The number of pyridine rings is 1. The lowest BCUT2D eigenvalue weighted by atomic mass is 9.98. The van der Waals surface area contributed by atoms with Crippen molar-refractivity contribution in [1.82, 2.24) is 14.1 Å². The number of hydrogen-bond donors (Lipinski definition) is 1. The largest absolute Gasteiger partial charge is 0.375 e. The predicted octanol–water partition coefficient (Wildman–Crippen LogP) is 4.24. The predicted molar refractivity (Wildman–Crippen MR) is 138 cm³/mol. The number of nitriles is 1. The molecule has 1 aromatic carbocycles. The van der Waals surface area contributed by atoms with Crippen molar-refractivity contribution in [1.29, 1.82) is 5.26 Å². The summed E-state index contributed by atoms with van der Waals surface area (Å²) >= 11 is 1.85. The summed E-state index contributed by atoms with van der Waals surface area (Å²) in [4.78, 5) is 30.6. The Balaban J connectivity index is 1.74. The van der Waals surface area contributed by atoms with Crippen LogP contribution in [0.4, 0.5) is 19.0 Å². The van der Waals surface area contributed by atoms with Crippen molar-refractivity contribution in [2.24, 2.45) is 7.05 Å². The molecule has 1 fully saturated rings. The van der Waals surface area contributed by atoms with Crippen molar-refractivity contribution in [3.05, 3.63) is 67.6 Å². The van der Waals surface area contributed by atoms with Crippen LogP contribution in [0.25, 0.3) is 11.0 Å². The topological polar surface area (TPSA) is 102 Å². The lowest BCUT2D eigenvalue weighted by molar-refractivity contribution is -0.0853. The molecule has 1 aliphatic carbocycles. The number of fused-ring (bicyclic) bond motifs is 8. The van der Waals surface area contributed by atoms with Gasteiger partial charge in [0.05, 0.1) is 22.4 Å². The number of rotatable bonds is 1. The molecule has 1 N–H and O–H groups in total. The molecule has 4 bridgehead atoms. The van der Waals surface area contributed by atoms with Gasteiger partial charge < -0.3 is 10.1 Å². The molecule has 0 spiro atoms. The first-order valence-electron chi connectivity index (χ1n) is 11.8. The van der Waals surface area contributed by atoms with Crippen LogP contribution in [0, 0.1) is 17.1 Å². The van der Waals surface area contributed by atoms with Crippen LogP contribution in [-0.2, 0) is 29.7 Å². The van der Waals surface area contributed by atoms with Gasteiger partial charge in [-0.05, 0) is 37.8 Å². The van der Waals surface area contributed by atoms with Crippen LogP contribution >= 0.6 is 22.6 Å². The second-order valence-electron chi connectivity index (χ2n) is 9.43. The van der Waals surface area contributed by atoms with Gasteiger partial charge in [-0.25, -0.2) is 9.18 Å². The maximum Gasteiger partial charge on any atom is 0.351 e. The zero-order valence-corrected chi connectivity index (χ0v) is 22.0. The number of aryl methyl sites for hydroxylation is 2. The summed E-state index contributed by atoms with van der Waals surface area (Å²) < 4.78 is 51.9. The number of ether oxygens (including phenoxy) is 1. The molecule has 1 atom stereocenters. The van der Waals surface area contributed by atoms with E-state index in [-0.39, 0.29) is 30.1 Å². The summed E-state index contributed by atoms with van der Waals surface area (Å²) in [7, 11) is 1.54. The van der Waals surface area contributed by atoms with Crippen molar-refractivity contribution in [2.75, 3.05) is 18.5 Å². The molecule has 3 aliphatic rings. The molecule has 6 rings (SSSR count). The normalized spacial score (nSPS) is 20.8. The van der Waals surface area contributed by atoms with Gasteiger partial charge in [0.1, 0.15) is 27.9 Å².